The van der Waals surface area contributed by atoms with Crippen LogP contribution in [-0.4, -0.2) is 47.2 Å². The van der Waals surface area contributed by atoms with Crippen LogP contribution in [0.15, 0.2) is 0 Å². The third-order valence-corrected chi connectivity index (χ3v) is 1.87. The van der Waals surface area contributed by atoms with E-state index in [0.29, 0.717) is 13.1 Å². The minimum atomic E-state index is -0.772. The van der Waals surface area contributed by atoms with E-state index in [0.717, 1.165) is 0 Å². The fourth-order valence-electron chi connectivity index (χ4n) is 1.14. The summed E-state index contributed by atoms with van der Waals surface area (Å²) in [6.45, 7) is 0.914. The number of aliphatic hydroxyl groups is 3. The second kappa shape index (κ2) is 3.30. The van der Waals surface area contributed by atoms with Gasteiger partial charge in [0.2, 0.25) is 0 Å². The van der Waals surface area contributed by atoms with Gasteiger partial charge in [0.05, 0.1) is 12.2 Å². The lowest BCUT2D eigenvalue weighted by Gasteiger charge is -2.30. The minimum absolute atomic E-state index is 0.0781. The van der Waals surface area contributed by atoms with Gasteiger partial charge in [0.15, 0.2) is 0 Å². The molecule has 1 aliphatic heterocycles. The van der Waals surface area contributed by atoms with Crippen LogP contribution in [0.1, 0.15) is 0 Å². The van der Waals surface area contributed by atoms with Gasteiger partial charge in [-0.3, -0.25) is 0 Å². The maximum absolute atomic E-state index is 9.19. The standard InChI is InChI=1S/C6H13NO3/c8-3-4-1-7-2-5(9)6(4)10/h4-10H,1-3H2/t4?,5?,6-/m1/s1. The van der Waals surface area contributed by atoms with E-state index >= 15 is 0 Å². The molecule has 60 valence electrons. The van der Waals surface area contributed by atoms with Crippen molar-refractivity contribution in [1.29, 1.82) is 0 Å². The molecule has 1 rings (SSSR count). The lowest BCUT2D eigenvalue weighted by atomic mass is 9.95. The quantitative estimate of drug-likeness (QED) is 0.343. The molecule has 0 spiro atoms. The summed E-state index contributed by atoms with van der Waals surface area (Å²) in [5, 5.41) is 29.8. The molecule has 1 aliphatic rings. The summed E-state index contributed by atoms with van der Waals surface area (Å²) in [6, 6.07) is 0. The molecule has 0 aromatic carbocycles. The highest BCUT2D eigenvalue weighted by Crippen LogP contribution is 2.10. The van der Waals surface area contributed by atoms with Gasteiger partial charge in [-0.05, 0) is 0 Å². The van der Waals surface area contributed by atoms with Crippen molar-refractivity contribution >= 4 is 0 Å². The number of rotatable bonds is 1. The molecule has 0 aromatic rings. The Hall–Kier alpha value is -0.160. The number of nitrogens with one attached hydrogen (secondary N) is 1. The zero-order valence-electron chi connectivity index (χ0n) is 5.70. The summed E-state index contributed by atoms with van der Waals surface area (Å²) in [6.07, 6.45) is -1.50. The Kier molecular flexibility index (Phi) is 2.62. The van der Waals surface area contributed by atoms with E-state index in [1.807, 2.05) is 0 Å². The molecule has 0 radical (unpaired) electrons. The van der Waals surface area contributed by atoms with Gasteiger partial charge >= 0.3 is 0 Å². The van der Waals surface area contributed by atoms with Gasteiger partial charge in [-0.1, -0.05) is 0 Å². The Balaban J connectivity index is 2.42. The topological polar surface area (TPSA) is 72.7 Å². The fourth-order valence-corrected chi connectivity index (χ4v) is 1.14. The molecule has 0 saturated carbocycles. The van der Waals surface area contributed by atoms with Gasteiger partial charge in [0.1, 0.15) is 0 Å². The van der Waals surface area contributed by atoms with Crippen molar-refractivity contribution in [3.63, 3.8) is 0 Å². The van der Waals surface area contributed by atoms with E-state index < -0.39 is 12.2 Å². The highest BCUT2D eigenvalue weighted by molar-refractivity contribution is 4.83. The predicted molar refractivity (Wildman–Crippen MR) is 35.5 cm³/mol. The minimum Gasteiger partial charge on any atom is -0.396 e. The van der Waals surface area contributed by atoms with Gasteiger partial charge in [0, 0.05) is 25.6 Å². The van der Waals surface area contributed by atoms with Crippen molar-refractivity contribution in [1.82, 2.24) is 5.32 Å². The lowest BCUT2D eigenvalue weighted by Crippen LogP contribution is -2.51. The van der Waals surface area contributed by atoms with E-state index in [9.17, 15) is 5.11 Å². The lowest BCUT2D eigenvalue weighted by molar-refractivity contribution is -0.0490. The van der Waals surface area contributed by atoms with Crippen LogP contribution < -0.4 is 5.32 Å². The third kappa shape index (κ3) is 1.46. The van der Waals surface area contributed by atoms with Crippen LogP contribution in [-0.2, 0) is 0 Å². The maximum atomic E-state index is 9.19. The molecule has 3 atom stereocenters. The van der Waals surface area contributed by atoms with Crippen LogP contribution in [0.3, 0.4) is 0 Å². The fraction of sp³-hybridized carbons (Fsp3) is 1.00. The Labute approximate surface area is 59.5 Å². The molecule has 4 heteroatoms. The Morgan fingerprint density at radius 1 is 1.30 bits per heavy atom. The highest BCUT2D eigenvalue weighted by atomic mass is 16.3. The molecule has 4 nitrogen and oxygen atoms in total. The third-order valence-electron chi connectivity index (χ3n) is 1.87. The number of aliphatic hydroxyl groups excluding tert-OH is 3. The molecule has 0 aromatic heterocycles. The maximum Gasteiger partial charge on any atom is 0.0927 e. The van der Waals surface area contributed by atoms with E-state index in [1.165, 1.54) is 0 Å². The molecule has 10 heavy (non-hydrogen) atoms. The Morgan fingerprint density at radius 2 is 2.00 bits per heavy atom. The monoisotopic (exact) mass is 147 g/mol. The van der Waals surface area contributed by atoms with Crippen molar-refractivity contribution in [2.24, 2.45) is 5.92 Å². The van der Waals surface area contributed by atoms with Crippen LogP contribution >= 0.6 is 0 Å². The summed E-state index contributed by atoms with van der Waals surface area (Å²) < 4.78 is 0. The molecule has 1 fully saturated rings. The molecular formula is C6H13NO3. The van der Waals surface area contributed by atoms with Crippen molar-refractivity contribution in [2.45, 2.75) is 12.2 Å². The highest BCUT2D eigenvalue weighted by Gasteiger charge is 2.29. The van der Waals surface area contributed by atoms with Crippen molar-refractivity contribution < 1.29 is 15.3 Å². The number of hydrogen-bond donors (Lipinski definition) is 4. The summed E-state index contributed by atoms with van der Waals surface area (Å²) >= 11 is 0. The van der Waals surface area contributed by atoms with Gasteiger partial charge in [-0.2, -0.15) is 0 Å². The van der Waals surface area contributed by atoms with Crippen molar-refractivity contribution in [2.75, 3.05) is 19.7 Å². The van der Waals surface area contributed by atoms with Gasteiger partial charge in [0.25, 0.3) is 0 Å². The molecule has 2 unspecified atom stereocenters. The molecule has 4 N–H and O–H groups in total. The van der Waals surface area contributed by atoms with Crippen molar-refractivity contribution in [3.05, 3.63) is 0 Å². The van der Waals surface area contributed by atoms with Crippen LogP contribution in [0.4, 0.5) is 0 Å². The first-order chi connectivity index (χ1) is 4.75. The zero-order valence-corrected chi connectivity index (χ0v) is 5.70. The first kappa shape index (κ1) is 7.94. The Morgan fingerprint density at radius 3 is 2.50 bits per heavy atom. The second-order valence-corrected chi connectivity index (χ2v) is 2.66. The van der Waals surface area contributed by atoms with E-state index in [1.54, 1.807) is 0 Å². The first-order valence-electron chi connectivity index (χ1n) is 3.43. The second-order valence-electron chi connectivity index (χ2n) is 2.66. The molecule has 1 saturated heterocycles. The predicted octanol–water partition coefficient (Wildman–Crippen LogP) is -2.08. The van der Waals surface area contributed by atoms with E-state index in [-0.39, 0.29) is 12.5 Å². The molecule has 0 amide bonds. The average Bonchev–Trinajstić information content (AvgIpc) is 1.95. The first-order valence-corrected chi connectivity index (χ1v) is 3.43. The number of piperidine rings is 1. The van der Waals surface area contributed by atoms with Gasteiger partial charge in [-0.25, -0.2) is 0 Å². The largest absolute Gasteiger partial charge is 0.396 e. The summed E-state index contributed by atoms with van der Waals surface area (Å²) in [4.78, 5) is 0. The van der Waals surface area contributed by atoms with Crippen LogP contribution in [0.5, 0.6) is 0 Å². The van der Waals surface area contributed by atoms with Crippen LogP contribution in [0.25, 0.3) is 0 Å². The van der Waals surface area contributed by atoms with Crippen LogP contribution in [0.2, 0.25) is 0 Å². The molecule has 1 heterocycles. The molecule has 0 bridgehead atoms. The average molecular weight is 147 g/mol. The van der Waals surface area contributed by atoms with Gasteiger partial charge in [-0.15, -0.1) is 0 Å². The summed E-state index contributed by atoms with van der Waals surface area (Å²) in [5.41, 5.74) is 0. The zero-order chi connectivity index (χ0) is 7.56. The SMILES string of the molecule is OCC1CNCC(O)[C@@H]1O. The number of β-amino-alcohol motifs (C(OH)–C–C–N with tert-alkyl or cyclic N) is 1. The molecule has 0 aliphatic carbocycles. The normalized spacial score (nSPS) is 41.7. The van der Waals surface area contributed by atoms with Crippen LogP contribution in [0, 0.1) is 5.92 Å². The van der Waals surface area contributed by atoms with Gasteiger partial charge < -0.3 is 20.6 Å². The number of hydrogen-bond acceptors (Lipinski definition) is 4. The van der Waals surface area contributed by atoms with E-state index in [4.69, 9.17) is 10.2 Å². The smallest absolute Gasteiger partial charge is 0.0927 e. The summed E-state index contributed by atoms with van der Waals surface area (Å²) in [7, 11) is 0. The van der Waals surface area contributed by atoms with E-state index in [2.05, 4.69) is 5.32 Å². The molecular weight excluding hydrogens is 134 g/mol. The Bertz CT molecular complexity index is 109. The van der Waals surface area contributed by atoms with Crippen molar-refractivity contribution in [3.8, 4) is 0 Å². The summed E-state index contributed by atoms with van der Waals surface area (Å²) in [5.74, 6) is -0.219.